The van der Waals surface area contributed by atoms with Gasteiger partial charge >= 0.3 is 12.1 Å². The summed E-state index contributed by atoms with van der Waals surface area (Å²) in [6, 6.07) is 5.88. The van der Waals surface area contributed by atoms with E-state index in [0.29, 0.717) is 19.5 Å². The molecule has 0 spiro atoms. The van der Waals surface area contributed by atoms with Crippen molar-refractivity contribution in [3.8, 4) is 0 Å². The fourth-order valence-corrected chi connectivity index (χ4v) is 2.83. The minimum absolute atomic E-state index is 0.0884. The van der Waals surface area contributed by atoms with Gasteiger partial charge in [0.15, 0.2) is 0 Å². The van der Waals surface area contributed by atoms with Gasteiger partial charge in [0.25, 0.3) is 0 Å². The zero-order chi connectivity index (χ0) is 18.6. The number of aliphatic carboxylic acids is 1. The van der Waals surface area contributed by atoms with E-state index >= 15 is 0 Å². The normalized spacial score (nSPS) is 21.0. The van der Waals surface area contributed by atoms with Crippen LogP contribution in [0, 0.1) is 11.7 Å². The summed E-state index contributed by atoms with van der Waals surface area (Å²) >= 11 is 0. The molecule has 1 aromatic carbocycles. The molecule has 2 atom stereocenters. The molecule has 1 aromatic rings. The van der Waals surface area contributed by atoms with Crippen LogP contribution < -0.4 is 5.32 Å². The van der Waals surface area contributed by atoms with Gasteiger partial charge in [-0.05, 0) is 44.9 Å². The van der Waals surface area contributed by atoms with Gasteiger partial charge in [0.1, 0.15) is 11.4 Å². The Bertz CT molecular complexity index is 630. The van der Waals surface area contributed by atoms with E-state index in [1.165, 1.54) is 17.0 Å². The second-order valence-electron chi connectivity index (χ2n) is 7.28. The van der Waals surface area contributed by atoms with Crippen molar-refractivity contribution in [3.63, 3.8) is 0 Å². The molecule has 7 heteroatoms. The highest BCUT2D eigenvalue weighted by atomic mass is 19.1. The molecule has 0 radical (unpaired) electrons. The predicted octanol–water partition coefficient (Wildman–Crippen LogP) is 2.63. The van der Waals surface area contributed by atoms with Gasteiger partial charge in [-0.15, -0.1) is 0 Å². The molecular weight excluding hydrogens is 327 g/mol. The highest BCUT2D eigenvalue weighted by Crippen LogP contribution is 2.21. The maximum absolute atomic E-state index is 13.2. The van der Waals surface area contributed by atoms with Crippen LogP contribution in [0.2, 0.25) is 0 Å². The lowest BCUT2D eigenvalue weighted by Gasteiger charge is -2.37. The molecule has 1 aliphatic heterocycles. The zero-order valence-electron chi connectivity index (χ0n) is 14.8. The van der Waals surface area contributed by atoms with Crippen molar-refractivity contribution in [2.45, 2.75) is 45.4 Å². The number of rotatable bonds is 4. The number of hydrogen-bond acceptors (Lipinski definition) is 4. The topological polar surface area (TPSA) is 78.9 Å². The SMILES string of the molecule is CC(C)(C)OC(=O)N1CC[C@@H](NCc2cccc(F)c2)[C@H](C(=O)O)C1. The number of ether oxygens (including phenoxy) is 1. The number of piperidine rings is 1. The molecule has 1 aliphatic rings. The molecule has 0 aromatic heterocycles. The summed E-state index contributed by atoms with van der Waals surface area (Å²) in [5, 5.41) is 12.7. The van der Waals surface area contributed by atoms with E-state index in [9.17, 15) is 19.1 Å². The van der Waals surface area contributed by atoms with Crippen LogP contribution in [0.25, 0.3) is 0 Å². The lowest BCUT2D eigenvalue weighted by molar-refractivity contribution is -0.144. The third-order valence-electron chi connectivity index (χ3n) is 4.04. The molecule has 6 nitrogen and oxygen atoms in total. The molecule has 1 fully saturated rings. The van der Waals surface area contributed by atoms with Crippen molar-refractivity contribution in [3.05, 3.63) is 35.6 Å². The van der Waals surface area contributed by atoms with E-state index in [4.69, 9.17) is 4.74 Å². The molecule has 138 valence electrons. The zero-order valence-corrected chi connectivity index (χ0v) is 14.8. The molecule has 0 aliphatic carbocycles. The van der Waals surface area contributed by atoms with E-state index in [2.05, 4.69) is 5.32 Å². The number of halogens is 1. The van der Waals surface area contributed by atoms with Crippen molar-refractivity contribution in [1.82, 2.24) is 10.2 Å². The molecule has 2 rings (SSSR count). The predicted molar refractivity (Wildman–Crippen MR) is 90.6 cm³/mol. The van der Waals surface area contributed by atoms with Crippen molar-refractivity contribution >= 4 is 12.1 Å². The van der Waals surface area contributed by atoms with E-state index in [1.54, 1.807) is 32.9 Å². The van der Waals surface area contributed by atoms with Gasteiger partial charge in [-0.2, -0.15) is 0 Å². The number of amides is 1. The van der Waals surface area contributed by atoms with Gasteiger partial charge in [0.05, 0.1) is 5.92 Å². The van der Waals surface area contributed by atoms with Crippen LogP contribution in [-0.2, 0) is 16.1 Å². The number of carbonyl (C=O) groups is 2. The molecule has 0 unspecified atom stereocenters. The number of hydrogen-bond donors (Lipinski definition) is 2. The summed E-state index contributed by atoms with van der Waals surface area (Å²) in [5.74, 6) is -2.03. The van der Waals surface area contributed by atoms with Crippen molar-refractivity contribution < 1.29 is 23.8 Å². The van der Waals surface area contributed by atoms with Gasteiger partial charge < -0.3 is 20.1 Å². The number of carboxylic acid groups (broad SMARTS) is 1. The average Bonchev–Trinajstić information content (AvgIpc) is 2.51. The Morgan fingerprint density at radius 2 is 2.12 bits per heavy atom. The Hall–Kier alpha value is -2.15. The summed E-state index contributed by atoms with van der Waals surface area (Å²) in [7, 11) is 0. The first-order valence-electron chi connectivity index (χ1n) is 8.34. The Morgan fingerprint density at radius 3 is 2.72 bits per heavy atom. The van der Waals surface area contributed by atoms with E-state index in [1.807, 2.05) is 0 Å². The minimum Gasteiger partial charge on any atom is -0.481 e. The monoisotopic (exact) mass is 352 g/mol. The standard InChI is InChI=1S/C18H25FN2O4/c1-18(2,3)25-17(24)21-8-7-15(14(11-21)16(22)23)20-10-12-5-4-6-13(19)9-12/h4-6,9,14-15,20H,7-8,10-11H2,1-3H3,(H,22,23)/t14-,15-/m1/s1. The number of nitrogens with one attached hydrogen (secondary N) is 1. The van der Waals surface area contributed by atoms with Crippen LogP contribution in [-0.4, -0.2) is 46.8 Å². The third kappa shape index (κ3) is 5.70. The lowest BCUT2D eigenvalue weighted by atomic mass is 9.92. The fourth-order valence-electron chi connectivity index (χ4n) is 2.83. The molecule has 2 N–H and O–H groups in total. The second kappa shape index (κ2) is 7.82. The number of carboxylic acids is 1. The second-order valence-corrected chi connectivity index (χ2v) is 7.28. The molecule has 1 saturated heterocycles. The summed E-state index contributed by atoms with van der Waals surface area (Å²) in [5.41, 5.74) is 0.126. The minimum atomic E-state index is -0.968. The largest absolute Gasteiger partial charge is 0.481 e. The highest BCUT2D eigenvalue weighted by molar-refractivity contribution is 5.74. The van der Waals surface area contributed by atoms with Crippen LogP contribution in [0.1, 0.15) is 32.8 Å². The van der Waals surface area contributed by atoms with Crippen molar-refractivity contribution in [1.29, 1.82) is 0 Å². The molecule has 1 amide bonds. The maximum Gasteiger partial charge on any atom is 0.410 e. The fraction of sp³-hybridized carbons (Fsp3) is 0.556. The lowest BCUT2D eigenvalue weighted by Crippen LogP contribution is -2.54. The Kier molecular flexibility index (Phi) is 6.00. The van der Waals surface area contributed by atoms with Gasteiger partial charge in [-0.25, -0.2) is 9.18 Å². The summed E-state index contributed by atoms with van der Waals surface area (Å²) in [6.07, 6.45) is -0.00625. The van der Waals surface area contributed by atoms with Gasteiger partial charge in [0, 0.05) is 25.7 Å². The molecule has 0 bridgehead atoms. The first-order valence-corrected chi connectivity index (χ1v) is 8.34. The Labute approximate surface area is 147 Å². The van der Waals surface area contributed by atoms with Crippen molar-refractivity contribution in [2.24, 2.45) is 5.92 Å². The Morgan fingerprint density at radius 1 is 1.40 bits per heavy atom. The first-order chi connectivity index (χ1) is 11.7. The van der Waals surface area contributed by atoms with Crippen LogP contribution in [0.3, 0.4) is 0 Å². The van der Waals surface area contributed by atoms with Crippen LogP contribution >= 0.6 is 0 Å². The first kappa shape index (κ1) is 19.2. The third-order valence-corrected chi connectivity index (χ3v) is 4.04. The summed E-state index contributed by atoms with van der Waals surface area (Å²) in [6.45, 7) is 6.19. The van der Waals surface area contributed by atoms with Gasteiger partial charge in [-0.3, -0.25) is 4.79 Å². The summed E-state index contributed by atoms with van der Waals surface area (Å²) < 4.78 is 18.5. The van der Waals surface area contributed by atoms with Gasteiger partial charge in [-0.1, -0.05) is 12.1 Å². The smallest absolute Gasteiger partial charge is 0.410 e. The molecule has 25 heavy (non-hydrogen) atoms. The quantitative estimate of drug-likeness (QED) is 0.871. The molecule has 0 saturated carbocycles. The summed E-state index contributed by atoms with van der Waals surface area (Å²) in [4.78, 5) is 25.2. The number of benzene rings is 1. The molecule has 1 heterocycles. The van der Waals surface area contributed by atoms with Crippen molar-refractivity contribution in [2.75, 3.05) is 13.1 Å². The molecular formula is C18H25FN2O4. The van der Waals surface area contributed by atoms with E-state index in [0.717, 1.165) is 5.56 Å². The van der Waals surface area contributed by atoms with E-state index in [-0.39, 0.29) is 18.4 Å². The number of likely N-dealkylation sites (tertiary alicyclic amines) is 1. The Balaban J connectivity index is 1.97. The van der Waals surface area contributed by atoms with Crippen LogP contribution in [0.5, 0.6) is 0 Å². The highest BCUT2D eigenvalue weighted by Gasteiger charge is 2.37. The number of carbonyl (C=O) groups excluding carboxylic acids is 1. The average molecular weight is 352 g/mol. The van der Waals surface area contributed by atoms with Crippen LogP contribution in [0.15, 0.2) is 24.3 Å². The maximum atomic E-state index is 13.2. The van der Waals surface area contributed by atoms with E-state index < -0.39 is 23.6 Å². The van der Waals surface area contributed by atoms with Gasteiger partial charge in [0.2, 0.25) is 0 Å². The van der Waals surface area contributed by atoms with Crippen LogP contribution in [0.4, 0.5) is 9.18 Å². The number of nitrogens with zero attached hydrogens (tertiary/aromatic N) is 1.